The van der Waals surface area contributed by atoms with E-state index in [4.69, 9.17) is 11.6 Å². The summed E-state index contributed by atoms with van der Waals surface area (Å²) in [4.78, 5) is 36.3. The van der Waals surface area contributed by atoms with Crippen molar-refractivity contribution < 1.29 is 14.5 Å². The van der Waals surface area contributed by atoms with Crippen LogP contribution in [0.4, 0.5) is 16.2 Å². The number of likely N-dealkylation sites (tertiary alicyclic amines) is 1. The molecule has 2 aromatic rings. The van der Waals surface area contributed by atoms with Gasteiger partial charge in [0, 0.05) is 31.6 Å². The molecule has 9 heteroatoms. The standard InChI is InChI=1S/C18H17ClN4O4/c19-15-7-6-14(23(26)27)9-16(15)21-18(25)20-13-8-17(24)22(11-13)10-12-4-2-1-3-5-12/h1-7,9,13H,8,10-11H2,(H2,20,21,25). The fourth-order valence-corrected chi connectivity index (χ4v) is 3.06. The summed E-state index contributed by atoms with van der Waals surface area (Å²) in [5, 5.41) is 16.2. The van der Waals surface area contributed by atoms with E-state index in [-0.39, 0.29) is 34.8 Å². The molecule has 1 heterocycles. The van der Waals surface area contributed by atoms with E-state index < -0.39 is 11.0 Å². The van der Waals surface area contributed by atoms with Gasteiger partial charge in [-0.05, 0) is 11.6 Å². The summed E-state index contributed by atoms with van der Waals surface area (Å²) < 4.78 is 0. The topological polar surface area (TPSA) is 105 Å². The highest BCUT2D eigenvalue weighted by atomic mass is 35.5. The van der Waals surface area contributed by atoms with Crippen molar-refractivity contribution in [1.29, 1.82) is 0 Å². The predicted molar refractivity (Wildman–Crippen MR) is 101 cm³/mol. The van der Waals surface area contributed by atoms with Gasteiger partial charge in [-0.15, -0.1) is 0 Å². The number of nitro groups is 1. The van der Waals surface area contributed by atoms with Crippen molar-refractivity contribution in [3.8, 4) is 0 Å². The number of anilines is 1. The summed E-state index contributed by atoms with van der Waals surface area (Å²) >= 11 is 5.97. The third-order valence-corrected chi connectivity index (χ3v) is 4.50. The smallest absolute Gasteiger partial charge is 0.319 e. The summed E-state index contributed by atoms with van der Waals surface area (Å²) in [6.45, 7) is 0.875. The predicted octanol–water partition coefficient (Wildman–Crippen LogP) is 3.17. The van der Waals surface area contributed by atoms with Gasteiger partial charge in [-0.3, -0.25) is 14.9 Å². The number of urea groups is 1. The van der Waals surface area contributed by atoms with E-state index >= 15 is 0 Å². The number of hydrogen-bond donors (Lipinski definition) is 2. The largest absolute Gasteiger partial charge is 0.336 e. The Hall–Kier alpha value is -3.13. The lowest BCUT2D eigenvalue weighted by atomic mass is 10.2. The Morgan fingerprint density at radius 3 is 2.70 bits per heavy atom. The Labute approximate surface area is 160 Å². The SMILES string of the molecule is O=C(Nc1cc([N+](=O)[O-])ccc1Cl)NC1CC(=O)N(Cc2ccccc2)C1. The summed E-state index contributed by atoms with van der Waals surface area (Å²) in [7, 11) is 0. The van der Waals surface area contributed by atoms with Crippen molar-refractivity contribution in [2.24, 2.45) is 0 Å². The number of benzene rings is 2. The van der Waals surface area contributed by atoms with Crippen molar-refractivity contribution in [1.82, 2.24) is 10.2 Å². The van der Waals surface area contributed by atoms with Gasteiger partial charge in [-0.1, -0.05) is 41.9 Å². The molecular weight excluding hydrogens is 372 g/mol. The zero-order valence-corrected chi connectivity index (χ0v) is 15.0. The lowest BCUT2D eigenvalue weighted by Crippen LogP contribution is -2.39. The Balaban J connectivity index is 1.58. The van der Waals surface area contributed by atoms with Gasteiger partial charge >= 0.3 is 6.03 Å². The van der Waals surface area contributed by atoms with Crippen molar-refractivity contribution in [2.45, 2.75) is 19.0 Å². The zero-order valence-electron chi connectivity index (χ0n) is 14.2. The Bertz CT molecular complexity index is 875. The van der Waals surface area contributed by atoms with Crippen molar-refractivity contribution in [2.75, 3.05) is 11.9 Å². The Morgan fingerprint density at radius 2 is 2.00 bits per heavy atom. The second-order valence-electron chi connectivity index (χ2n) is 6.18. The number of nitrogens with one attached hydrogen (secondary N) is 2. The quantitative estimate of drug-likeness (QED) is 0.606. The molecular formula is C18H17ClN4O4. The van der Waals surface area contributed by atoms with Gasteiger partial charge in [0.25, 0.3) is 5.69 Å². The maximum Gasteiger partial charge on any atom is 0.319 e. The molecule has 2 N–H and O–H groups in total. The highest BCUT2D eigenvalue weighted by Crippen LogP contribution is 2.26. The number of nitro benzene ring substituents is 1. The van der Waals surface area contributed by atoms with Crippen LogP contribution in [0.5, 0.6) is 0 Å². The monoisotopic (exact) mass is 388 g/mol. The van der Waals surface area contributed by atoms with Gasteiger partial charge in [0.1, 0.15) is 0 Å². The van der Waals surface area contributed by atoms with Crippen molar-refractivity contribution in [3.05, 3.63) is 69.2 Å². The summed E-state index contributed by atoms with van der Waals surface area (Å²) in [6, 6.07) is 12.4. The minimum Gasteiger partial charge on any atom is -0.336 e. The molecule has 1 fully saturated rings. The lowest BCUT2D eigenvalue weighted by Gasteiger charge is -2.17. The summed E-state index contributed by atoms with van der Waals surface area (Å²) in [5.41, 5.74) is 0.966. The minimum atomic E-state index is -0.573. The molecule has 8 nitrogen and oxygen atoms in total. The third-order valence-electron chi connectivity index (χ3n) is 4.17. The van der Waals surface area contributed by atoms with Crippen LogP contribution in [0.25, 0.3) is 0 Å². The summed E-state index contributed by atoms with van der Waals surface area (Å²) in [6.07, 6.45) is 0.197. The van der Waals surface area contributed by atoms with Gasteiger partial charge in [-0.2, -0.15) is 0 Å². The molecule has 2 aromatic carbocycles. The minimum absolute atomic E-state index is 0.0439. The first-order valence-corrected chi connectivity index (χ1v) is 8.63. The van der Waals surface area contributed by atoms with Crippen LogP contribution in [0.2, 0.25) is 5.02 Å². The molecule has 27 heavy (non-hydrogen) atoms. The molecule has 1 atom stereocenters. The average Bonchev–Trinajstić information content (AvgIpc) is 2.96. The molecule has 3 amide bonds. The van der Waals surface area contributed by atoms with Crippen LogP contribution in [-0.4, -0.2) is 34.3 Å². The number of amides is 3. The molecule has 1 unspecified atom stereocenters. The number of hydrogen-bond acceptors (Lipinski definition) is 4. The van der Waals surface area contributed by atoms with Crippen LogP contribution < -0.4 is 10.6 Å². The molecule has 0 aromatic heterocycles. The highest BCUT2D eigenvalue weighted by Gasteiger charge is 2.30. The first kappa shape index (κ1) is 18.7. The van der Waals surface area contributed by atoms with E-state index in [9.17, 15) is 19.7 Å². The molecule has 0 radical (unpaired) electrons. The fourth-order valence-electron chi connectivity index (χ4n) is 2.89. The van der Waals surface area contributed by atoms with Crippen molar-refractivity contribution >= 4 is 34.9 Å². The number of rotatable bonds is 5. The molecule has 1 aliphatic heterocycles. The van der Waals surface area contributed by atoms with Crippen LogP contribution >= 0.6 is 11.6 Å². The Morgan fingerprint density at radius 1 is 1.26 bits per heavy atom. The van der Waals surface area contributed by atoms with Crippen LogP contribution in [0.1, 0.15) is 12.0 Å². The molecule has 140 valence electrons. The van der Waals surface area contributed by atoms with Crippen LogP contribution in [0.3, 0.4) is 0 Å². The van der Waals surface area contributed by atoms with E-state index in [1.807, 2.05) is 30.3 Å². The van der Waals surface area contributed by atoms with E-state index in [2.05, 4.69) is 10.6 Å². The molecule has 0 spiro atoms. The molecule has 3 rings (SSSR count). The molecule has 0 bridgehead atoms. The van der Waals surface area contributed by atoms with Gasteiger partial charge in [0.05, 0.1) is 21.7 Å². The zero-order chi connectivity index (χ0) is 19.4. The van der Waals surface area contributed by atoms with E-state index in [1.165, 1.54) is 18.2 Å². The third kappa shape index (κ3) is 4.73. The van der Waals surface area contributed by atoms with Gasteiger partial charge in [0.2, 0.25) is 5.91 Å². The van der Waals surface area contributed by atoms with Gasteiger partial charge in [-0.25, -0.2) is 4.79 Å². The van der Waals surface area contributed by atoms with Gasteiger partial charge < -0.3 is 15.5 Å². The second-order valence-corrected chi connectivity index (χ2v) is 6.59. The molecule has 1 saturated heterocycles. The maximum atomic E-state index is 12.2. The number of non-ortho nitro benzene ring substituents is 1. The first-order valence-electron chi connectivity index (χ1n) is 8.25. The number of nitrogens with zero attached hydrogens (tertiary/aromatic N) is 2. The number of halogens is 1. The number of carbonyl (C=O) groups excluding carboxylic acids is 2. The average molecular weight is 389 g/mol. The van der Waals surface area contributed by atoms with Gasteiger partial charge in [0.15, 0.2) is 0 Å². The molecule has 1 aliphatic rings. The molecule has 0 saturated carbocycles. The first-order chi connectivity index (χ1) is 12.9. The van der Waals surface area contributed by atoms with Crippen LogP contribution in [-0.2, 0) is 11.3 Å². The Kier molecular flexibility index (Phi) is 5.56. The summed E-state index contributed by atoms with van der Waals surface area (Å²) in [5.74, 6) is -0.0439. The second kappa shape index (κ2) is 8.05. The van der Waals surface area contributed by atoms with E-state index in [0.29, 0.717) is 13.1 Å². The van der Waals surface area contributed by atoms with Crippen LogP contribution in [0.15, 0.2) is 48.5 Å². The lowest BCUT2D eigenvalue weighted by molar-refractivity contribution is -0.384. The molecule has 0 aliphatic carbocycles. The maximum absolute atomic E-state index is 12.2. The normalized spacial score (nSPS) is 16.3. The van der Waals surface area contributed by atoms with Crippen molar-refractivity contribution in [3.63, 3.8) is 0 Å². The number of carbonyl (C=O) groups is 2. The van der Waals surface area contributed by atoms with E-state index in [1.54, 1.807) is 4.90 Å². The van der Waals surface area contributed by atoms with E-state index in [0.717, 1.165) is 5.56 Å². The van der Waals surface area contributed by atoms with Crippen LogP contribution in [0, 0.1) is 10.1 Å². The highest BCUT2D eigenvalue weighted by molar-refractivity contribution is 6.33. The fraction of sp³-hybridized carbons (Fsp3) is 0.222.